The van der Waals surface area contributed by atoms with Crippen LogP contribution in [0.5, 0.6) is 5.75 Å². The first-order valence-electron chi connectivity index (χ1n) is 11.8. The van der Waals surface area contributed by atoms with Gasteiger partial charge in [-0.15, -0.1) is 0 Å². The van der Waals surface area contributed by atoms with E-state index in [1.54, 1.807) is 0 Å². The van der Waals surface area contributed by atoms with Crippen LogP contribution in [0.1, 0.15) is 53.4 Å². The molecule has 0 bridgehead atoms. The quantitative estimate of drug-likeness (QED) is 0.502. The van der Waals surface area contributed by atoms with Crippen molar-refractivity contribution >= 4 is 5.91 Å². The van der Waals surface area contributed by atoms with Crippen molar-refractivity contribution in [3.8, 4) is 5.75 Å². The maximum atomic E-state index is 12.5. The summed E-state index contributed by atoms with van der Waals surface area (Å²) in [7, 11) is 0. The van der Waals surface area contributed by atoms with Gasteiger partial charge in [0.05, 0.1) is 6.54 Å². The molecule has 1 aliphatic rings. The second-order valence-corrected chi connectivity index (χ2v) is 9.78. The van der Waals surface area contributed by atoms with Crippen LogP contribution in [0.3, 0.4) is 0 Å². The van der Waals surface area contributed by atoms with Gasteiger partial charge in [0.1, 0.15) is 12.4 Å². The molecule has 0 aliphatic carbocycles. The Kier molecular flexibility index (Phi) is 7.14. The van der Waals surface area contributed by atoms with Crippen LogP contribution in [-0.2, 0) is 24.9 Å². The molecule has 4 heteroatoms. The van der Waals surface area contributed by atoms with E-state index in [0.717, 1.165) is 31.8 Å². The second-order valence-electron chi connectivity index (χ2n) is 9.78. The van der Waals surface area contributed by atoms with E-state index in [-0.39, 0.29) is 11.3 Å². The van der Waals surface area contributed by atoms with Crippen molar-refractivity contribution in [2.24, 2.45) is 0 Å². The Labute approximate surface area is 197 Å². The third kappa shape index (κ3) is 6.02. The lowest BCUT2D eigenvalue weighted by atomic mass is 9.86. The molecule has 1 amide bonds. The minimum Gasteiger partial charge on any atom is -0.491 e. The van der Waals surface area contributed by atoms with Crippen LogP contribution < -0.4 is 10.1 Å². The Balaban J connectivity index is 1.25. The fraction of sp³-hybridized carbons (Fsp3) is 0.345. The van der Waals surface area contributed by atoms with E-state index >= 15 is 0 Å². The van der Waals surface area contributed by atoms with Crippen LogP contribution >= 0.6 is 0 Å². The Hall–Kier alpha value is -3.11. The van der Waals surface area contributed by atoms with Crippen molar-refractivity contribution in [3.63, 3.8) is 0 Å². The normalized spacial score (nSPS) is 13.9. The van der Waals surface area contributed by atoms with E-state index in [2.05, 4.69) is 73.5 Å². The molecular formula is C29H34N2O2. The molecule has 1 aliphatic heterocycles. The Morgan fingerprint density at radius 2 is 1.64 bits per heavy atom. The first-order chi connectivity index (χ1) is 15.9. The molecule has 33 heavy (non-hydrogen) atoms. The molecule has 0 atom stereocenters. The van der Waals surface area contributed by atoms with Gasteiger partial charge < -0.3 is 10.1 Å². The highest BCUT2D eigenvalue weighted by Crippen LogP contribution is 2.30. The van der Waals surface area contributed by atoms with E-state index in [1.807, 2.05) is 30.3 Å². The highest BCUT2D eigenvalue weighted by Gasteiger charge is 2.18. The first-order valence-corrected chi connectivity index (χ1v) is 11.8. The zero-order valence-electron chi connectivity index (χ0n) is 19.9. The molecule has 1 N–H and O–H groups in total. The van der Waals surface area contributed by atoms with Gasteiger partial charge >= 0.3 is 0 Å². The highest BCUT2D eigenvalue weighted by molar-refractivity contribution is 5.94. The number of rotatable bonds is 7. The Morgan fingerprint density at radius 1 is 0.939 bits per heavy atom. The average Bonchev–Trinajstić information content (AvgIpc) is 2.82. The molecule has 172 valence electrons. The van der Waals surface area contributed by atoms with E-state index in [1.165, 1.54) is 22.3 Å². The van der Waals surface area contributed by atoms with Crippen molar-refractivity contribution in [2.75, 3.05) is 19.7 Å². The molecule has 0 fully saturated rings. The van der Waals surface area contributed by atoms with Gasteiger partial charge in [0.15, 0.2) is 0 Å². The number of carbonyl (C=O) groups excluding carboxylic acids is 1. The minimum atomic E-state index is -0.0684. The fourth-order valence-corrected chi connectivity index (χ4v) is 4.35. The van der Waals surface area contributed by atoms with Crippen molar-refractivity contribution in [1.82, 2.24) is 10.2 Å². The SMILES string of the molecule is CC(C)(C)c1ccccc1OCCNC(=O)c1ccc(CN2CCc3ccccc3C2)cc1. The van der Waals surface area contributed by atoms with Crippen LogP contribution in [0.2, 0.25) is 0 Å². The van der Waals surface area contributed by atoms with Crippen molar-refractivity contribution in [3.05, 3.63) is 101 Å². The van der Waals surface area contributed by atoms with Crippen LogP contribution in [0.25, 0.3) is 0 Å². The first kappa shape index (κ1) is 23.1. The third-order valence-corrected chi connectivity index (χ3v) is 6.17. The largest absolute Gasteiger partial charge is 0.491 e. The molecule has 4 nitrogen and oxygen atoms in total. The molecule has 0 saturated carbocycles. The van der Waals surface area contributed by atoms with Crippen molar-refractivity contribution < 1.29 is 9.53 Å². The Morgan fingerprint density at radius 3 is 2.39 bits per heavy atom. The highest BCUT2D eigenvalue weighted by atomic mass is 16.5. The van der Waals surface area contributed by atoms with E-state index in [0.29, 0.717) is 18.7 Å². The van der Waals surface area contributed by atoms with E-state index < -0.39 is 0 Å². The number of fused-ring (bicyclic) bond motifs is 1. The molecule has 0 radical (unpaired) electrons. The van der Waals surface area contributed by atoms with Gasteiger partial charge in [-0.2, -0.15) is 0 Å². The summed E-state index contributed by atoms with van der Waals surface area (Å²) in [6.45, 7) is 10.4. The molecule has 4 rings (SSSR count). The summed E-state index contributed by atoms with van der Waals surface area (Å²) < 4.78 is 5.96. The summed E-state index contributed by atoms with van der Waals surface area (Å²) in [4.78, 5) is 15.0. The molecular weight excluding hydrogens is 408 g/mol. The van der Waals surface area contributed by atoms with Gasteiger partial charge in [-0.05, 0) is 52.3 Å². The lowest BCUT2D eigenvalue weighted by molar-refractivity contribution is 0.0946. The van der Waals surface area contributed by atoms with Crippen LogP contribution in [-0.4, -0.2) is 30.5 Å². The molecule has 3 aromatic rings. The van der Waals surface area contributed by atoms with Gasteiger partial charge in [0, 0.05) is 25.2 Å². The number of ether oxygens (including phenoxy) is 1. The predicted molar refractivity (Wildman–Crippen MR) is 134 cm³/mol. The number of carbonyl (C=O) groups is 1. The summed E-state index contributed by atoms with van der Waals surface area (Å²) in [5, 5.41) is 2.96. The predicted octanol–water partition coefficient (Wildman–Crippen LogP) is 5.35. The topological polar surface area (TPSA) is 41.6 Å². The number of para-hydroxylation sites is 1. The smallest absolute Gasteiger partial charge is 0.251 e. The van der Waals surface area contributed by atoms with Crippen LogP contribution in [0.15, 0.2) is 72.8 Å². The monoisotopic (exact) mass is 442 g/mol. The zero-order valence-corrected chi connectivity index (χ0v) is 19.9. The number of benzene rings is 3. The van der Waals surface area contributed by atoms with Gasteiger partial charge in [-0.3, -0.25) is 9.69 Å². The summed E-state index contributed by atoms with van der Waals surface area (Å²) in [5.74, 6) is 0.810. The van der Waals surface area contributed by atoms with Gasteiger partial charge in [-0.25, -0.2) is 0 Å². The molecule has 0 unspecified atom stereocenters. The number of amides is 1. The van der Waals surface area contributed by atoms with Gasteiger partial charge in [-0.1, -0.05) is 75.4 Å². The zero-order chi connectivity index (χ0) is 23.3. The maximum Gasteiger partial charge on any atom is 0.251 e. The van der Waals surface area contributed by atoms with Crippen LogP contribution in [0, 0.1) is 0 Å². The van der Waals surface area contributed by atoms with E-state index in [9.17, 15) is 4.79 Å². The summed E-state index contributed by atoms with van der Waals surface area (Å²) >= 11 is 0. The van der Waals surface area contributed by atoms with Crippen LogP contribution in [0.4, 0.5) is 0 Å². The molecule has 1 heterocycles. The molecule has 3 aromatic carbocycles. The van der Waals surface area contributed by atoms with Crippen molar-refractivity contribution in [1.29, 1.82) is 0 Å². The number of hydrogen-bond donors (Lipinski definition) is 1. The molecule has 0 aromatic heterocycles. The standard InChI is InChI=1S/C29H34N2O2/c1-29(2,3)26-10-6-7-11-27(26)33-19-17-30-28(32)24-14-12-22(13-15-24)20-31-18-16-23-8-4-5-9-25(23)21-31/h4-15H,16-21H2,1-3H3,(H,30,32). The second kappa shape index (κ2) is 10.2. The minimum absolute atomic E-state index is 0.0131. The van der Waals surface area contributed by atoms with Gasteiger partial charge in [0.2, 0.25) is 0 Å². The van der Waals surface area contributed by atoms with E-state index in [4.69, 9.17) is 4.74 Å². The molecule has 0 saturated heterocycles. The Bertz CT molecular complexity index is 1080. The summed E-state index contributed by atoms with van der Waals surface area (Å²) in [6, 6.07) is 24.7. The fourth-order valence-electron chi connectivity index (χ4n) is 4.35. The van der Waals surface area contributed by atoms with Gasteiger partial charge in [0.25, 0.3) is 5.91 Å². The third-order valence-electron chi connectivity index (χ3n) is 6.17. The lowest BCUT2D eigenvalue weighted by Gasteiger charge is -2.28. The average molecular weight is 443 g/mol. The molecule has 0 spiro atoms. The van der Waals surface area contributed by atoms with Crippen molar-refractivity contribution in [2.45, 2.75) is 45.7 Å². The number of nitrogens with zero attached hydrogens (tertiary/aromatic N) is 1. The summed E-state index contributed by atoms with van der Waals surface area (Å²) in [6.07, 6.45) is 1.10. The summed E-state index contributed by atoms with van der Waals surface area (Å²) in [5.41, 5.74) is 5.98. The maximum absolute atomic E-state index is 12.5. The number of hydrogen-bond acceptors (Lipinski definition) is 3. The lowest BCUT2D eigenvalue weighted by Crippen LogP contribution is -2.30. The number of nitrogens with one attached hydrogen (secondary N) is 1.